The molecular weight excluding hydrogens is 110 g/mol. The highest BCUT2D eigenvalue weighted by Gasteiger charge is 2.34. The summed E-state index contributed by atoms with van der Waals surface area (Å²) in [5, 5.41) is 0. The topological polar surface area (TPSA) is 26.0 Å². The molecule has 1 aliphatic rings. The lowest BCUT2D eigenvalue weighted by molar-refractivity contribution is 0.345. The molecule has 0 bridgehead atoms. The van der Waals surface area contributed by atoms with Crippen molar-refractivity contribution < 1.29 is 0 Å². The molecule has 1 rings (SSSR count). The smallest absolute Gasteiger partial charge is 0.0303 e. The van der Waals surface area contributed by atoms with Crippen LogP contribution in [0.25, 0.3) is 0 Å². The van der Waals surface area contributed by atoms with Crippen LogP contribution in [0.15, 0.2) is 24.4 Å². The maximum atomic E-state index is 5.58. The van der Waals surface area contributed by atoms with E-state index < -0.39 is 0 Å². The molecule has 1 nitrogen and oxygen atoms in total. The average Bonchev–Trinajstić information content (AvgIpc) is 1.82. The summed E-state index contributed by atoms with van der Waals surface area (Å²) in [6.07, 6.45) is 4.26. The molecule has 0 fully saturated rings. The Balaban J connectivity index is 2.79. The van der Waals surface area contributed by atoms with E-state index in [0.717, 1.165) is 5.70 Å². The maximum Gasteiger partial charge on any atom is 0.0303 e. The van der Waals surface area contributed by atoms with Crippen molar-refractivity contribution in [1.82, 2.24) is 0 Å². The van der Waals surface area contributed by atoms with Gasteiger partial charge in [-0.1, -0.05) is 32.6 Å². The van der Waals surface area contributed by atoms with Crippen molar-refractivity contribution in [2.45, 2.75) is 13.8 Å². The fourth-order valence-corrected chi connectivity index (χ4v) is 0.977. The van der Waals surface area contributed by atoms with Crippen LogP contribution in [0.3, 0.4) is 0 Å². The van der Waals surface area contributed by atoms with Crippen LogP contribution in [-0.4, -0.2) is 0 Å². The first-order valence-corrected chi connectivity index (χ1v) is 3.21. The number of nitrogens with two attached hydrogens (primary N) is 1. The van der Waals surface area contributed by atoms with Crippen molar-refractivity contribution in [3.8, 4) is 0 Å². The van der Waals surface area contributed by atoms with Crippen molar-refractivity contribution in [2.75, 3.05) is 0 Å². The fourth-order valence-electron chi connectivity index (χ4n) is 0.977. The lowest BCUT2D eigenvalue weighted by atomic mass is 9.68. The van der Waals surface area contributed by atoms with Crippen LogP contribution in [0, 0.1) is 11.3 Å². The minimum Gasteiger partial charge on any atom is -0.402 e. The molecule has 0 aromatic heterocycles. The molecule has 50 valence electrons. The largest absolute Gasteiger partial charge is 0.402 e. The summed E-state index contributed by atoms with van der Waals surface area (Å²) in [7, 11) is 0. The summed E-state index contributed by atoms with van der Waals surface area (Å²) < 4.78 is 0. The highest BCUT2D eigenvalue weighted by molar-refractivity contribution is 5.27. The summed E-state index contributed by atoms with van der Waals surface area (Å²) in [4.78, 5) is 0. The van der Waals surface area contributed by atoms with E-state index >= 15 is 0 Å². The number of hydrogen-bond acceptors (Lipinski definition) is 1. The highest BCUT2D eigenvalue weighted by Crippen LogP contribution is 2.41. The van der Waals surface area contributed by atoms with E-state index in [2.05, 4.69) is 32.6 Å². The van der Waals surface area contributed by atoms with Gasteiger partial charge >= 0.3 is 0 Å². The van der Waals surface area contributed by atoms with E-state index in [0.29, 0.717) is 5.92 Å². The molecule has 0 aromatic carbocycles. The highest BCUT2D eigenvalue weighted by atomic mass is 14.6. The zero-order valence-electron chi connectivity index (χ0n) is 6.02. The summed E-state index contributed by atoms with van der Waals surface area (Å²) in [6.45, 7) is 7.99. The predicted molar refractivity (Wildman–Crippen MR) is 39.7 cm³/mol. The van der Waals surface area contributed by atoms with Gasteiger partial charge in [0.15, 0.2) is 0 Å². The first kappa shape index (κ1) is 6.40. The van der Waals surface area contributed by atoms with Crippen LogP contribution < -0.4 is 5.73 Å². The number of allylic oxidation sites excluding steroid dienone is 2. The van der Waals surface area contributed by atoms with Gasteiger partial charge in [0.2, 0.25) is 0 Å². The van der Waals surface area contributed by atoms with Crippen molar-refractivity contribution in [1.29, 1.82) is 0 Å². The Kier molecular flexibility index (Phi) is 1.16. The Morgan fingerprint density at radius 1 is 1.78 bits per heavy atom. The summed E-state index contributed by atoms with van der Waals surface area (Å²) in [6, 6.07) is 0. The van der Waals surface area contributed by atoms with Gasteiger partial charge in [-0.3, -0.25) is 0 Å². The van der Waals surface area contributed by atoms with Gasteiger partial charge in [-0.2, -0.15) is 0 Å². The quantitative estimate of drug-likeness (QED) is 0.527. The third-order valence-corrected chi connectivity index (χ3v) is 2.37. The standard InChI is InChI=1S/C8H13N/c1-6-4-5-8(6,3)7(2)9/h4-6H,2,9H2,1,3H3/t6?,8-/m0/s1. The predicted octanol–water partition coefficient (Wildman–Crippen LogP) is 1.67. The molecule has 0 saturated heterocycles. The SMILES string of the molecule is C=C(N)[C@@]1(C)C=CC1C. The third kappa shape index (κ3) is 0.680. The lowest BCUT2D eigenvalue weighted by Crippen LogP contribution is -2.34. The van der Waals surface area contributed by atoms with Crippen LogP contribution >= 0.6 is 0 Å². The summed E-state index contributed by atoms with van der Waals surface area (Å²) in [5.74, 6) is 0.565. The van der Waals surface area contributed by atoms with Crippen molar-refractivity contribution in [3.63, 3.8) is 0 Å². The average molecular weight is 123 g/mol. The van der Waals surface area contributed by atoms with Crippen LogP contribution in [0.5, 0.6) is 0 Å². The van der Waals surface area contributed by atoms with Gasteiger partial charge in [-0.25, -0.2) is 0 Å². The molecule has 9 heavy (non-hydrogen) atoms. The van der Waals surface area contributed by atoms with Gasteiger partial charge < -0.3 is 5.73 Å². The summed E-state index contributed by atoms with van der Waals surface area (Å²) in [5.41, 5.74) is 6.44. The Bertz CT molecular complexity index is 169. The molecule has 0 heterocycles. The summed E-state index contributed by atoms with van der Waals surface area (Å²) >= 11 is 0. The van der Waals surface area contributed by atoms with Crippen LogP contribution in [0.4, 0.5) is 0 Å². The Morgan fingerprint density at radius 2 is 2.33 bits per heavy atom. The van der Waals surface area contributed by atoms with Gasteiger partial charge in [0, 0.05) is 11.1 Å². The monoisotopic (exact) mass is 123 g/mol. The van der Waals surface area contributed by atoms with Crippen LogP contribution in [0.1, 0.15) is 13.8 Å². The molecule has 1 aliphatic carbocycles. The second kappa shape index (κ2) is 1.63. The molecule has 0 saturated carbocycles. The third-order valence-electron chi connectivity index (χ3n) is 2.37. The van der Waals surface area contributed by atoms with Gasteiger partial charge in [0.1, 0.15) is 0 Å². The van der Waals surface area contributed by atoms with Gasteiger partial charge in [0.25, 0.3) is 0 Å². The Labute approximate surface area is 56.2 Å². The second-order valence-corrected chi connectivity index (χ2v) is 2.96. The molecule has 2 atom stereocenters. The van der Waals surface area contributed by atoms with E-state index in [-0.39, 0.29) is 5.41 Å². The zero-order valence-corrected chi connectivity index (χ0v) is 6.02. The van der Waals surface area contributed by atoms with Crippen molar-refractivity contribution in [2.24, 2.45) is 17.1 Å². The van der Waals surface area contributed by atoms with E-state index in [1.165, 1.54) is 0 Å². The van der Waals surface area contributed by atoms with E-state index in [1.54, 1.807) is 0 Å². The zero-order chi connectivity index (χ0) is 7.07. The first-order chi connectivity index (χ1) is 4.07. The first-order valence-electron chi connectivity index (χ1n) is 3.21. The number of hydrogen-bond donors (Lipinski definition) is 1. The maximum absolute atomic E-state index is 5.58. The van der Waals surface area contributed by atoms with Gasteiger partial charge in [-0.05, 0) is 5.92 Å². The molecular formula is C8H13N. The fraction of sp³-hybridized carbons (Fsp3) is 0.500. The molecule has 0 radical (unpaired) electrons. The van der Waals surface area contributed by atoms with E-state index in [9.17, 15) is 0 Å². The van der Waals surface area contributed by atoms with E-state index in [1.807, 2.05) is 0 Å². The molecule has 0 aliphatic heterocycles. The lowest BCUT2D eigenvalue weighted by Gasteiger charge is -2.38. The van der Waals surface area contributed by atoms with Gasteiger partial charge in [0.05, 0.1) is 0 Å². The van der Waals surface area contributed by atoms with E-state index in [4.69, 9.17) is 5.73 Å². The minimum absolute atomic E-state index is 0.0833. The van der Waals surface area contributed by atoms with Crippen LogP contribution in [0.2, 0.25) is 0 Å². The molecule has 0 amide bonds. The molecule has 1 unspecified atom stereocenters. The van der Waals surface area contributed by atoms with Crippen molar-refractivity contribution in [3.05, 3.63) is 24.4 Å². The molecule has 0 spiro atoms. The molecule has 0 aromatic rings. The molecule has 1 heteroatoms. The van der Waals surface area contributed by atoms with Crippen molar-refractivity contribution >= 4 is 0 Å². The Morgan fingerprint density at radius 3 is 2.33 bits per heavy atom. The minimum atomic E-state index is 0.0833. The second-order valence-electron chi connectivity index (χ2n) is 2.96. The molecule has 2 N–H and O–H groups in total. The number of rotatable bonds is 1. The normalized spacial score (nSPS) is 40.0. The Hall–Kier alpha value is -0.720. The van der Waals surface area contributed by atoms with Gasteiger partial charge in [-0.15, -0.1) is 0 Å². The van der Waals surface area contributed by atoms with Crippen LogP contribution in [-0.2, 0) is 0 Å².